The van der Waals surface area contributed by atoms with Gasteiger partial charge in [-0.05, 0) is 31.7 Å². The Kier molecular flexibility index (Phi) is 4.57. The standard InChI is InChI=1S/C18H22N4O/c1-3-21-12-15-16(10-11-19-17(15)22(4-2)13-21)20-18(23)14-8-6-5-7-9-14/h5-11H,3-4,12-13H2,1-2H3,(H,19,20,23). The summed E-state index contributed by atoms with van der Waals surface area (Å²) in [6.45, 7) is 7.82. The molecule has 5 nitrogen and oxygen atoms in total. The number of fused-ring (bicyclic) bond motifs is 1. The van der Waals surface area contributed by atoms with E-state index in [1.807, 2.05) is 36.4 Å². The van der Waals surface area contributed by atoms with Crippen LogP contribution in [-0.4, -0.2) is 35.5 Å². The van der Waals surface area contributed by atoms with Crippen LogP contribution in [0.3, 0.4) is 0 Å². The smallest absolute Gasteiger partial charge is 0.255 e. The van der Waals surface area contributed by atoms with Crippen molar-refractivity contribution in [1.82, 2.24) is 9.88 Å². The van der Waals surface area contributed by atoms with Gasteiger partial charge in [-0.25, -0.2) is 4.98 Å². The van der Waals surface area contributed by atoms with Crippen molar-refractivity contribution in [1.29, 1.82) is 0 Å². The number of carbonyl (C=O) groups excluding carboxylic acids is 1. The van der Waals surface area contributed by atoms with Crippen LogP contribution in [0.5, 0.6) is 0 Å². The first-order valence-corrected chi connectivity index (χ1v) is 8.04. The molecule has 0 spiro atoms. The fourth-order valence-corrected chi connectivity index (χ4v) is 2.85. The van der Waals surface area contributed by atoms with Crippen molar-refractivity contribution in [2.24, 2.45) is 0 Å². The van der Waals surface area contributed by atoms with E-state index in [4.69, 9.17) is 0 Å². The predicted octanol–water partition coefficient (Wildman–Crippen LogP) is 2.95. The van der Waals surface area contributed by atoms with Gasteiger partial charge in [-0.1, -0.05) is 25.1 Å². The van der Waals surface area contributed by atoms with Crippen molar-refractivity contribution in [3.63, 3.8) is 0 Å². The van der Waals surface area contributed by atoms with E-state index in [0.717, 1.165) is 43.4 Å². The predicted molar refractivity (Wildman–Crippen MR) is 92.6 cm³/mol. The lowest BCUT2D eigenvalue weighted by Crippen LogP contribution is -2.43. The molecule has 0 radical (unpaired) electrons. The minimum Gasteiger partial charge on any atom is -0.344 e. The molecular formula is C18H22N4O. The zero-order chi connectivity index (χ0) is 16.2. The highest BCUT2D eigenvalue weighted by molar-refractivity contribution is 6.04. The van der Waals surface area contributed by atoms with Gasteiger partial charge < -0.3 is 10.2 Å². The van der Waals surface area contributed by atoms with E-state index in [-0.39, 0.29) is 5.91 Å². The van der Waals surface area contributed by atoms with Crippen LogP contribution >= 0.6 is 0 Å². The Labute approximate surface area is 136 Å². The minimum absolute atomic E-state index is 0.0873. The summed E-state index contributed by atoms with van der Waals surface area (Å²) in [5, 5.41) is 3.04. The molecule has 1 N–H and O–H groups in total. The van der Waals surface area contributed by atoms with E-state index >= 15 is 0 Å². The molecular weight excluding hydrogens is 288 g/mol. The van der Waals surface area contributed by atoms with E-state index in [1.165, 1.54) is 0 Å². The number of benzene rings is 1. The number of nitrogens with zero attached hydrogens (tertiary/aromatic N) is 3. The average Bonchev–Trinajstić information content (AvgIpc) is 2.61. The Morgan fingerprint density at radius 2 is 1.96 bits per heavy atom. The van der Waals surface area contributed by atoms with Gasteiger partial charge in [0.1, 0.15) is 5.82 Å². The van der Waals surface area contributed by atoms with E-state index < -0.39 is 0 Å². The van der Waals surface area contributed by atoms with Crippen LogP contribution < -0.4 is 10.2 Å². The number of hydrogen-bond donors (Lipinski definition) is 1. The summed E-state index contributed by atoms with van der Waals surface area (Å²) in [5.74, 6) is 0.888. The van der Waals surface area contributed by atoms with Crippen molar-refractivity contribution in [2.75, 3.05) is 30.0 Å². The molecule has 1 aromatic heterocycles. The van der Waals surface area contributed by atoms with Gasteiger partial charge in [0, 0.05) is 30.4 Å². The van der Waals surface area contributed by atoms with Crippen LogP contribution in [0.1, 0.15) is 29.8 Å². The Balaban J connectivity index is 1.91. The van der Waals surface area contributed by atoms with Crippen molar-refractivity contribution < 1.29 is 4.79 Å². The highest BCUT2D eigenvalue weighted by atomic mass is 16.1. The summed E-state index contributed by atoms with van der Waals surface area (Å²) < 4.78 is 0. The third-order valence-corrected chi connectivity index (χ3v) is 4.20. The first kappa shape index (κ1) is 15.5. The third-order valence-electron chi connectivity index (χ3n) is 4.20. The van der Waals surface area contributed by atoms with Crippen LogP contribution in [0.4, 0.5) is 11.5 Å². The van der Waals surface area contributed by atoms with Crippen LogP contribution in [0.15, 0.2) is 42.6 Å². The van der Waals surface area contributed by atoms with Crippen molar-refractivity contribution in [3.05, 3.63) is 53.7 Å². The molecule has 0 unspecified atom stereocenters. The SMILES string of the molecule is CCN1Cc2c(NC(=O)c3ccccc3)ccnc2N(CC)C1. The van der Waals surface area contributed by atoms with E-state index in [0.29, 0.717) is 5.56 Å². The van der Waals surface area contributed by atoms with Crippen LogP contribution in [0.2, 0.25) is 0 Å². The van der Waals surface area contributed by atoms with Gasteiger partial charge in [0.25, 0.3) is 5.91 Å². The van der Waals surface area contributed by atoms with Crippen LogP contribution in [-0.2, 0) is 6.54 Å². The number of hydrogen-bond acceptors (Lipinski definition) is 4. The maximum Gasteiger partial charge on any atom is 0.255 e. The van der Waals surface area contributed by atoms with E-state index in [9.17, 15) is 4.79 Å². The highest BCUT2D eigenvalue weighted by Crippen LogP contribution is 2.30. The third kappa shape index (κ3) is 3.19. The number of rotatable bonds is 4. The molecule has 0 aliphatic carbocycles. The number of pyridine rings is 1. The Morgan fingerprint density at radius 1 is 1.17 bits per heavy atom. The molecule has 0 atom stereocenters. The molecule has 0 bridgehead atoms. The van der Waals surface area contributed by atoms with Crippen molar-refractivity contribution in [3.8, 4) is 0 Å². The summed E-state index contributed by atoms with van der Waals surface area (Å²) in [5.41, 5.74) is 2.60. The van der Waals surface area contributed by atoms with E-state index in [2.05, 4.69) is 33.9 Å². The topological polar surface area (TPSA) is 48.5 Å². The Hall–Kier alpha value is -2.40. The lowest BCUT2D eigenvalue weighted by molar-refractivity contribution is 0.102. The summed E-state index contributed by atoms with van der Waals surface area (Å²) in [6, 6.07) is 11.2. The normalized spacial score (nSPS) is 14.4. The first-order chi connectivity index (χ1) is 11.2. The van der Waals surface area contributed by atoms with Gasteiger partial charge in [-0.2, -0.15) is 0 Å². The Bertz CT molecular complexity index is 687. The van der Waals surface area contributed by atoms with Gasteiger partial charge in [0.05, 0.1) is 12.4 Å². The molecule has 0 saturated heterocycles. The van der Waals surface area contributed by atoms with Crippen molar-refractivity contribution in [2.45, 2.75) is 20.4 Å². The second kappa shape index (κ2) is 6.79. The fourth-order valence-electron chi connectivity index (χ4n) is 2.85. The summed E-state index contributed by atoms with van der Waals surface area (Å²) in [6.07, 6.45) is 1.77. The molecule has 2 aromatic rings. The molecule has 0 saturated carbocycles. The lowest BCUT2D eigenvalue weighted by atomic mass is 10.1. The summed E-state index contributed by atoms with van der Waals surface area (Å²) in [4.78, 5) is 21.5. The zero-order valence-electron chi connectivity index (χ0n) is 13.6. The maximum atomic E-state index is 12.4. The molecule has 1 amide bonds. The number of carbonyl (C=O) groups is 1. The zero-order valence-corrected chi connectivity index (χ0v) is 13.6. The highest BCUT2D eigenvalue weighted by Gasteiger charge is 2.24. The molecule has 1 aliphatic rings. The van der Waals surface area contributed by atoms with Gasteiger partial charge in [0.15, 0.2) is 0 Å². The largest absolute Gasteiger partial charge is 0.344 e. The molecule has 1 aliphatic heterocycles. The summed E-state index contributed by atoms with van der Waals surface area (Å²) >= 11 is 0. The monoisotopic (exact) mass is 310 g/mol. The Morgan fingerprint density at radius 3 is 2.65 bits per heavy atom. The molecule has 0 fully saturated rings. The van der Waals surface area contributed by atoms with Crippen LogP contribution in [0.25, 0.3) is 0 Å². The molecule has 120 valence electrons. The lowest BCUT2D eigenvalue weighted by Gasteiger charge is -2.37. The van der Waals surface area contributed by atoms with E-state index in [1.54, 1.807) is 6.20 Å². The molecule has 5 heteroatoms. The quantitative estimate of drug-likeness (QED) is 0.943. The fraction of sp³-hybridized carbons (Fsp3) is 0.333. The van der Waals surface area contributed by atoms with Gasteiger partial charge in [0.2, 0.25) is 0 Å². The average molecular weight is 310 g/mol. The molecule has 1 aromatic carbocycles. The van der Waals surface area contributed by atoms with Crippen molar-refractivity contribution >= 4 is 17.4 Å². The second-order valence-electron chi connectivity index (χ2n) is 5.62. The second-order valence-corrected chi connectivity index (χ2v) is 5.62. The number of nitrogens with one attached hydrogen (secondary N) is 1. The first-order valence-electron chi connectivity index (χ1n) is 8.04. The molecule has 3 rings (SSSR count). The summed E-state index contributed by atoms with van der Waals surface area (Å²) in [7, 11) is 0. The molecule has 23 heavy (non-hydrogen) atoms. The number of amides is 1. The van der Waals surface area contributed by atoms with Gasteiger partial charge >= 0.3 is 0 Å². The van der Waals surface area contributed by atoms with Crippen LogP contribution in [0, 0.1) is 0 Å². The number of anilines is 2. The maximum absolute atomic E-state index is 12.4. The number of aromatic nitrogens is 1. The molecule has 2 heterocycles. The van der Waals surface area contributed by atoms with Gasteiger partial charge in [-0.3, -0.25) is 9.69 Å². The van der Waals surface area contributed by atoms with Gasteiger partial charge in [-0.15, -0.1) is 0 Å². The minimum atomic E-state index is -0.0873.